The van der Waals surface area contributed by atoms with Crippen LogP contribution in [0.25, 0.3) is 22.3 Å². The molecule has 0 amide bonds. The largest absolute Gasteiger partial charge is 2.00 e. The molecule has 8 aromatic carbocycles. The molecule has 4 heteroatoms. The maximum Gasteiger partial charge on any atom is 2.00 e. The van der Waals surface area contributed by atoms with Gasteiger partial charge in [-0.1, -0.05) is 191 Å². The number of benzene rings is 8. The van der Waals surface area contributed by atoms with Crippen LogP contribution in [0.4, 0.5) is 0 Å². The average molecular weight is 944 g/mol. The first kappa shape index (κ1) is 45.2. The van der Waals surface area contributed by atoms with Crippen LogP contribution >= 0.6 is 0 Å². The van der Waals surface area contributed by atoms with E-state index in [4.69, 9.17) is 0 Å². The number of rotatable bonds is 8. The molecule has 8 aromatic rings. The van der Waals surface area contributed by atoms with Crippen LogP contribution in [0.2, 0.25) is 0 Å². The predicted octanol–water partition coefficient (Wildman–Crippen LogP) is 6.48. The maximum absolute atomic E-state index is 3.55. The molecule has 10 rings (SSSR count). The van der Waals surface area contributed by atoms with E-state index in [1.807, 2.05) is 0 Å². The number of hydrogen-bond donors (Lipinski definition) is 0. The fourth-order valence-corrected chi connectivity index (χ4v) is 8.10. The van der Waals surface area contributed by atoms with Gasteiger partial charge in [-0.3, -0.25) is 0 Å². The SMILES string of the molecule is [Cl-].[Cl-].[Zr+2].[Zr+2].[c-]1cc(Cc2ccccc2)cc2c1Cc1ccc(Cc3ccccc3)cc1-2.[c-]1cc(Cc2ccccc2)cc2c1Cc1ccc(Cc3ccccc3)cc1-2. The first-order valence-corrected chi connectivity index (χ1v) is 19.2. The molecule has 0 aromatic heterocycles. The van der Waals surface area contributed by atoms with E-state index in [1.54, 1.807) is 0 Å². The van der Waals surface area contributed by atoms with Crippen LogP contribution in [0.3, 0.4) is 0 Å². The van der Waals surface area contributed by atoms with Crippen LogP contribution in [0.5, 0.6) is 0 Å². The Kier molecular flexibility index (Phi) is 16.7. The van der Waals surface area contributed by atoms with E-state index in [0.29, 0.717) is 0 Å². The molecule has 0 heterocycles. The Morgan fingerprint density at radius 3 is 0.931 bits per heavy atom. The molecule has 0 atom stereocenters. The van der Waals surface area contributed by atoms with E-state index in [9.17, 15) is 0 Å². The Morgan fingerprint density at radius 1 is 0.310 bits per heavy atom. The Morgan fingerprint density at radius 2 is 0.603 bits per heavy atom. The molecule has 0 saturated heterocycles. The third kappa shape index (κ3) is 10.8. The Bertz CT molecular complexity index is 2180. The molecular weight excluding hydrogens is 902 g/mol. The summed E-state index contributed by atoms with van der Waals surface area (Å²) < 4.78 is 0. The molecule has 0 unspecified atom stereocenters. The molecule has 58 heavy (non-hydrogen) atoms. The third-order valence-corrected chi connectivity index (χ3v) is 10.8. The fourth-order valence-electron chi connectivity index (χ4n) is 8.10. The number of hydrogen-bond acceptors (Lipinski definition) is 0. The van der Waals surface area contributed by atoms with Crippen LogP contribution in [0.15, 0.2) is 182 Å². The third-order valence-electron chi connectivity index (χ3n) is 10.8. The molecule has 2 aliphatic rings. The Balaban J connectivity index is 0.000000207. The van der Waals surface area contributed by atoms with Crippen molar-refractivity contribution < 1.29 is 77.2 Å². The minimum atomic E-state index is 0. The van der Waals surface area contributed by atoms with E-state index in [1.165, 1.54) is 89.0 Å². The van der Waals surface area contributed by atoms with E-state index >= 15 is 0 Å². The average Bonchev–Trinajstić information content (AvgIpc) is 3.77. The van der Waals surface area contributed by atoms with Gasteiger partial charge >= 0.3 is 52.4 Å². The summed E-state index contributed by atoms with van der Waals surface area (Å²) in [5, 5.41) is 0. The van der Waals surface area contributed by atoms with Crippen LogP contribution in [0.1, 0.15) is 66.8 Å². The van der Waals surface area contributed by atoms with Gasteiger partial charge in [-0.2, -0.15) is 58.7 Å². The summed E-state index contributed by atoms with van der Waals surface area (Å²) in [4.78, 5) is 0. The summed E-state index contributed by atoms with van der Waals surface area (Å²) in [5.74, 6) is 0. The van der Waals surface area contributed by atoms with Gasteiger partial charge in [0.15, 0.2) is 0 Å². The first-order chi connectivity index (χ1) is 26.7. The monoisotopic (exact) mass is 940 g/mol. The van der Waals surface area contributed by atoms with Crippen molar-refractivity contribution in [1.82, 2.24) is 0 Å². The normalized spacial score (nSPS) is 11.0. The Labute approximate surface area is 395 Å². The van der Waals surface area contributed by atoms with Gasteiger partial charge in [0.25, 0.3) is 0 Å². The molecule has 0 aliphatic heterocycles. The molecule has 0 saturated carbocycles. The van der Waals surface area contributed by atoms with Gasteiger partial charge in [-0.15, -0.1) is 11.1 Å². The van der Waals surface area contributed by atoms with Crippen molar-refractivity contribution in [3.05, 3.63) is 261 Å². The topological polar surface area (TPSA) is 0 Å². The summed E-state index contributed by atoms with van der Waals surface area (Å²) >= 11 is 0. The quantitative estimate of drug-likeness (QED) is 0.153. The van der Waals surface area contributed by atoms with Crippen molar-refractivity contribution in [2.45, 2.75) is 38.5 Å². The zero-order valence-corrected chi connectivity index (χ0v) is 38.7. The van der Waals surface area contributed by atoms with E-state index in [2.05, 4.69) is 194 Å². The molecule has 0 N–H and O–H groups in total. The second kappa shape index (κ2) is 21.4. The van der Waals surface area contributed by atoms with Gasteiger partial charge in [0.05, 0.1) is 0 Å². The van der Waals surface area contributed by atoms with Gasteiger partial charge in [0.1, 0.15) is 0 Å². The van der Waals surface area contributed by atoms with E-state index < -0.39 is 0 Å². The van der Waals surface area contributed by atoms with Crippen LogP contribution < -0.4 is 24.8 Å². The second-order valence-corrected chi connectivity index (χ2v) is 14.8. The Hall–Kier alpha value is -3.89. The van der Waals surface area contributed by atoms with Crippen LogP contribution in [-0.4, -0.2) is 0 Å². The van der Waals surface area contributed by atoms with Gasteiger partial charge < -0.3 is 24.8 Å². The van der Waals surface area contributed by atoms with E-state index in [-0.39, 0.29) is 77.2 Å². The summed E-state index contributed by atoms with van der Waals surface area (Å²) in [6.07, 6.45) is 5.89. The number of halogens is 2. The fraction of sp³-hybridized carbons (Fsp3) is 0.111. The molecule has 0 nitrogen and oxygen atoms in total. The molecule has 0 bridgehead atoms. The minimum Gasteiger partial charge on any atom is -1.00 e. The van der Waals surface area contributed by atoms with Crippen molar-refractivity contribution in [2.24, 2.45) is 0 Å². The van der Waals surface area contributed by atoms with Crippen molar-refractivity contribution in [3.63, 3.8) is 0 Å². The summed E-state index contributed by atoms with van der Waals surface area (Å²) in [7, 11) is 0. The van der Waals surface area contributed by atoms with Crippen molar-refractivity contribution in [1.29, 1.82) is 0 Å². The number of fused-ring (bicyclic) bond motifs is 6. The van der Waals surface area contributed by atoms with Crippen molar-refractivity contribution >= 4 is 0 Å². The van der Waals surface area contributed by atoms with Gasteiger partial charge in [-0.05, 0) is 60.8 Å². The molecular formula is C54H42Cl2Zr2. The summed E-state index contributed by atoms with van der Waals surface area (Å²) in [6.45, 7) is 0. The zero-order chi connectivity index (χ0) is 36.1. The van der Waals surface area contributed by atoms with Crippen LogP contribution in [0, 0.1) is 12.1 Å². The smallest absolute Gasteiger partial charge is 1.00 e. The van der Waals surface area contributed by atoms with Gasteiger partial charge in [0.2, 0.25) is 0 Å². The maximum atomic E-state index is 3.55. The van der Waals surface area contributed by atoms with Crippen molar-refractivity contribution in [2.75, 3.05) is 0 Å². The molecule has 2 aliphatic carbocycles. The summed E-state index contributed by atoms with van der Waals surface area (Å²) in [5.41, 5.74) is 21.9. The standard InChI is InChI=1S/2C27H21.2ClH.2Zr/c2*1-3-7-20(8-4-1)15-22-11-13-24-19-25-14-12-23(18-27(25)26(24)17-22)16-21-9-5-2-6-10-21;;;;/h2*1-13,17-18H,15-16,19H2;2*1H;;/q2*-1;;;2*+2/p-2. The molecule has 0 fully saturated rings. The minimum absolute atomic E-state index is 0. The molecule has 0 spiro atoms. The van der Waals surface area contributed by atoms with Crippen LogP contribution in [-0.2, 0) is 90.9 Å². The summed E-state index contributed by atoms with van der Waals surface area (Å²) in [6, 6.07) is 72.9. The second-order valence-electron chi connectivity index (χ2n) is 14.8. The van der Waals surface area contributed by atoms with Crippen molar-refractivity contribution in [3.8, 4) is 22.3 Å². The molecule has 280 valence electrons. The predicted molar refractivity (Wildman–Crippen MR) is 224 cm³/mol. The van der Waals surface area contributed by atoms with E-state index in [0.717, 1.165) is 38.5 Å². The van der Waals surface area contributed by atoms with Gasteiger partial charge in [-0.25, -0.2) is 0 Å². The zero-order valence-electron chi connectivity index (χ0n) is 32.3. The first-order valence-electron chi connectivity index (χ1n) is 19.2. The molecule has 0 radical (unpaired) electrons. The van der Waals surface area contributed by atoms with Gasteiger partial charge in [0, 0.05) is 0 Å².